The Kier molecular flexibility index (Phi) is 1.92. The number of hydrogen-bond acceptors (Lipinski definition) is 2. The van der Waals surface area contributed by atoms with E-state index in [0.29, 0.717) is 0 Å². The lowest BCUT2D eigenvalue weighted by Gasteiger charge is -2.31. The number of aliphatic imine (C=N–C) groups is 1. The summed E-state index contributed by atoms with van der Waals surface area (Å²) in [6, 6.07) is 0.765. The molecule has 3 heteroatoms. The van der Waals surface area contributed by atoms with E-state index >= 15 is 0 Å². The summed E-state index contributed by atoms with van der Waals surface area (Å²) >= 11 is 0. The number of hydrogen-bond donors (Lipinski definition) is 0. The smallest absolute Gasteiger partial charge is 0.286 e. The Bertz CT molecular complexity index is 118. The number of ether oxygens (including phenoxy) is 1. The summed E-state index contributed by atoms with van der Waals surface area (Å²) in [5, 5.41) is 0. The molecule has 9 heavy (non-hydrogen) atoms. The van der Waals surface area contributed by atoms with Gasteiger partial charge in [-0.2, -0.15) is 0 Å². The quantitative estimate of drug-likeness (QED) is 0.347. The van der Waals surface area contributed by atoms with Crippen molar-refractivity contribution in [2.75, 3.05) is 27.2 Å². The molecule has 1 aliphatic rings. The van der Waals surface area contributed by atoms with Crippen LogP contribution in [0.4, 0.5) is 0 Å². The minimum Gasteiger partial charge on any atom is -0.468 e. The van der Waals surface area contributed by atoms with Gasteiger partial charge < -0.3 is 9.64 Å². The zero-order valence-corrected chi connectivity index (χ0v) is 5.92. The van der Waals surface area contributed by atoms with E-state index in [9.17, 15) is 0 Å². The van der Waals surface area contributed by atoms with Crippen molar-refractivity contribution in [1.29, 1.82) is 0 Å². The van der Waals surface area contributed by atoms with Crippen molar-refractivity contribution in [3.63, 3.8) is 0 Å². The van der Waals surface area contributed by atoms with E-state index in [1.807, 2.05) is 0 Å². The van der Waals surface area contributed by atoms with E-state index in [-0.39, 0.29) is 0 Å². The molecule has 0 atom stereocenters. The van der Waals surface area contributed by atoms with Crippen LogP contribution in [0.15, 0.2) is 4.99 Å². The van der Waals surface area contributed by atoms with Crippen LogP contribution in [-0.4, -0.2) is 38.2 Å². The average molecular weight is 128 g/mol. The predicted octanol–water partition coefficient (Wildman–Crippen LogP) is 0.324. The summed E-state index contributed by atoms with van der Waals surface area (Å²) in [6.07, 6.45) is 1.27. The number of methoxy groups -OCH3 is 1. The fraction of sp³-hybridized carbons (Fsp3) is 0.833. The summed E-state index contributed by atoms with van der Waals surface area (Å²) in [6.45, 7) is 2.20. The largest absolute Gasteiger partial charge is 0.468 e. The summed E-state index contributed by atoms with van der Waals surface area (Å²) in [5.41, 5.74) is 0. The Hall–Kier alpha value is -0.730. The summed E-state index contributed by atoms with van der Waals surface area (Å²) in [5.74, 6) is 0. The Balaban J connectivity index is 2.37. The highest BCUT2D eigenvalue weighted by Gasteiger charge is 2.17. The Morgan fingerprint density at radius 1 is 1.56 bits per heavy atom. The number of nitrogens with zero attached hydrogens (tertiary/aromatic N) is 2. The molecule has 3 nitrogen and oxygen atoms in total. The van der Waals surface area contributed by atoms with Gasteiger partial charge in [-0.3, -0.25) is 0 Å². The average Bonchev–Trinajstić information content (AvgIpc) is 1.78. The fourth-order valence-corrected chi connectivity index (χ4v) is 0.869. The summed E-state index contributed by atoms with van der Waals surface area (Å²) in [4.78, 5) is 6.06. The van der Waals surface area contributed by atoms with Gasteiger partial charge in [-0.1, -0.05) is 0 Å². The first kappa shape index (κ1) is 6.39. The van der Waals surface area contributed by atoms with Gasteiger partial charge in [0, 0.05) is 20.1 Å². The second-order valence-corrected chi connectivity index (χ2v) is 2.05. The third-order valence-electron chi connectivity index (χ3n) is 1.50. The van der Waals surface area contributed by atoms with Crippen molar-refractivity contribution in [3.8, 4) is 0 Å². The van der Waals surface area contributed by atoms with Gasteiger partial charge in [0.1, 0.15) is 0 Å². The third-order valence-corrected chi connectivity index (χ3v) is 1.50. The van der Waals surface area contributed by atoms with Gasteiger partial charge >= 0.3 is 0 Å². The molecule has 0 aromatic heterocycles. The maximum absolute atomic E-state index is 4.98. The highest BCUT2D eigenvalue weighted by atomic mass is 16.5. The lowest BCUT2D eigenvalue weighted by Crippen LogP contribution is -2.42. The van der Waals surface area contributed by atoms with Crippen LogP contribution in [0.2, 0.25) is 0 Å². The van der Waals surface area contributed by atoms with Crippen molar-refractivity contribution in [2.24, 2.45) is 4.99 Å². The standard InChI is InChI=1S/C6H12N2O/c1-7-6(9-2)8-4-3-5-8/h3-5H2,1-2H3. The van der Waals surface area contributed by atoms with Crippen LogP contribution in [0.1, 0.15) is 6.42 Å². The van der Waals surface area contributed by atoms with Gasteiger partial charge in [0.15, 0.2) is 0 Å². The Labute approximate surface area is 55.3 Å². The molecule has 0 N–H and O–H groups in total. The molecular formula is C6H12N2O. The zero-order valence-electron chi connectivity index (χ0n) is 5.92. The van der Waals surface area contributed by atoms with Crippen LogP contribution in [-0.2, 0) is 4.74 Å². The topological polar surface area (TPSA) is 24.8 Å². The first-order valence-corrected chi connectivity index (χ1v) is 3.14. The molecule has 0 spiro atoms. The monoisotopic (exact) mass is 128 g/mol. The molecule has 1 saturated heterocycles. The molecule has 1 rings (SSSR count). The third kappa shape index (κ3) is 1.15. The number of likely N-dealkylation sites (tertiary alicyclic amines) is 1. The van der Waals surface area contributed by atoms with Gasteiger partial charge in [0.25, 0.3) is 6.02 Å². The van der Waals surface area contributed by atoms with Crippen LogP contribution in [0.3, 0.4) is 0 Å². The lowest BCUT2D eigenvalue weighted by molar-refractivity contribution is 0.219. The van der Waals surface area contributed by atoms with Crippen LogP contribution in [0.5, 0.6) is 0 Å². The molecule has 0 radical (unpaired) electrons. The van der Waals surface area contributed by atoms with Crippen molar-refractivity contribution >= 4 is 6.02 Å². The van der Waals surface area contributed by atoms with Crippen molar-refractivity contribution in [1.82, 2.24) is 4.90 Å². The lowest BCUT2D eigenvalue weighted by atomic mass is 10.2. The molecule has 0 aliphatic carbocycles. The second-order valence-electron chi connectivity index (χ2n) is 2.05. The highest BCUT2D eigenvalue weighted by Crippen LogP contribution is 2.06. The molecule has 0 aromatic rings. The van der Waals surface area contributed by atoms with Crippen LogP contribution >= 0.6 is 0 Å². The highest BCUT2D eigenvalue weighted by molar-refractivity contribution is 5.74. The van der Waals surface area contributed by atoms with Crippen LogP contribution in [0.25, 0.3) is 0 Å². The molecule has 1 fully saturated rings. The second kappa shape index (κ2) is 2.71. The predicted molar refractivity (Wildman–Crippen MR) is 36.6 cm³/mol. The first-order valence-electron chi connectivity index (χ1n) is 3.14. The maximum atomic E-state index is 4.98. The van der Waals surface area contributed by atoms with E-state index in [1.54, 1.807) is 14.2 Å². The van der Waals surface area contributed by atoms with Gasteiger partial charge in [-0.25, -0.2) is 4.99 Å². The van der Waals surface area contributed by atoms with E-state index in [1.165, 1.54) is 6.42 Å². The summed E-state index contributed by atoms with van der Waals surface area (Å²) < 4.78 is 4.98. The van der Waals surface area contributed by atoms with Crippen molar-refractivity contribution in [2.45, 2.75) is 6.42 Å². The number of rotatable bonds is 0. The molecule has 1 aliphatic heterocycles. The maximum Gasteiger partial charge on any atom is 0.286 e. The zero-order chi connectivity index (χ0) is 6.69. The van der Waals surface area contributed by atoms with E-state index in [0.717, 1.165) is 19.1 Å². The van der Waals surface area contributed by atoms with E-state index < -0.39 is 0 Å². The van der Waals surface area contributed by atoms with Crippen molar-refractivity contribution in [3.05, 3.63) is 0 Å². The molecule has 0 aromatic carbocycles. The molecule has 52 valence electrons. The van der Waals surface area contributed by atoms with Gasteiger partial charge in [0.05, 0.1) is 7.11 Å². The van der Waals surface area contributed by atoms with E-state index in [2.05, 4.69) is 9.89 Å². The Morgan fingerprint density at radius 2 is 2.22 bits per heavy atom. The molecule has 0 unspecified atom stereocenters. The fourth-order valence-electron chi connectivity index (χ4n) is 0.869. The van der Waals surface area contributed by atoms with Crippen LogP contribution in [0, 0.1) is 0 Å². The number of amidine groups is 1. The molecule has 1 heterocycles. The Morgan fingerprint density at radius 3 is 2.33 bits per heavy atom. The van der Waals surface area contributed by atoms with E-state index in [4.69, 9.17) is 4.74 Å². The van der Waals surface area contributed by atoms with Crippen LogP contribution < -0.4 is 0 Å². The van der Waals surface area contributed by atoms with Gasteiger partial charge in [-0.15, -0.1) is 0 Å². The molecule has 0 amide bonds. The minimum atomic E-state index is 0.765. The normalized spacial score (nSPS) is 19.3. The first-order chi connectivity index (χ1) is 4.38. The summed E-state index contributed by atoms with van der Waals surface area (Å²) in [7, 11) is 3.40. The van der Waals surface area contributed by atoms with Crippen molar-refractivity contribution < 1.29 is 4.74 Å². The minimum absolute atomic E-state index is 0.765. The SMILES string of the molecule is CN=C(OC)N1CCC1. The molecular weight excluding hydrogens is 116 g/mol. The van der Waals surface area contributed by atoms with Gasteiger partial charge in [-0.05, 0) is 6.42 Å². The molecule has 0 saturated carbocycles. The molecule has 0 bridgehead atoms. The van der Waals surface area contributed by atoms with Gasteiger partial charge in [0.2, 0.25) is 0 Å².